The fraction of sp³-hybridized carbons (Fsp3) is 0.294. The van der Waals surface area contributed by atoms with Gasteiger partial charge in [0.2, 0.25) is 0 Å². The molecule has 2 N–H and O–H groups in total. The molecule has 0 amide bonds. The molecule has 0 saturated carbocycles. The van der Waals surface area contributed by atoms with E-state index in [1.54, 1.807) is 12.1 Å². The number of nitrogens with one attached hydrogen (secondary N) is 1. The minimum Gasteiger partial charge on any atom is -0.494 e. The van der Waals surface area contributed by atoms with Gasteiger partial charge in [-0.05, 0) is 30.2 Å². The minimum absolute atomic E-state index is 0.0460. The van der Waals surface area contributed by atoms with E-state index in [1.807, 2.05) is 37.3 Å². The Morgan fingerprint density at radius 2 is 1.90 bits per heavy atom. The van der Waals surface area contributed by atoms with Crippen LogP contribution in [0.15, 0.2) is 48.5 Å². The first kappa shape index (κ1) is 15.5. The van der Waals surface area contributed by atoms with Gasteiger partial charge in [-0.1, -0.05) is 36.4 Å². The third-order valence-corrected chi connectivity index (χ3v) is 3.63. The van der Waals surface area contributed by atoms with Crippen LogP contribution in [-0.4, -0.2) is 18.8 Å². The van der Waals surface area contributed by atoms with Gasteiger partial charge in [0.1, 0.15) is 0 Å². The Labute approximate surface area is 124 Å². The van der Waals surface area contributed by atoms with Crippen molar-refractivity contribution in [2.45, 2.75) is 19.0 Å². The molecule has 1 atom stereocenters. The highest BCUT2D eigenvalue weighted by Crippen LogP contribution is 2.22. The molecule has 0 spiro atoms. The van der Waals surface area contributed by atoms with Gasteiger partial charge in [0, 0.05) is 6.54 Å². The molecule has 0 fully saturated rings. The number of halogens is 1. The topological polar surface area (TPSA) is 41.5 Å². The molecule has 4 heteroatoms. The molecule has 0 heterocycles. The average molecular weight is 289 g/mol. The summed E-state index contributed by atoms with van der Waals surface area (Å²) in [4.78, 5) is 0. The molecule has 0 aliphatic rings. The van der Waals surface area contributed by atoms with Crippen molar-refractivity contribution in [2.24, 2.45) is 0 Å². The zero-order valence-corrected chi connectivity index (χ0v) is 12.3. The van der Waals surface area contributed by atoms with Crippen molar-refractivity contribution >= 4 is 0 Å². The quantitative estimate of drug-likeness (QED) is 0.859. The zero-order valence-electron chi connectivity index (χ0n) is 12.3. The van der Waals surface area contributed by atoms with E-state index in [1.165, 1.54) is 13.2 Å². The monoisotopic (exact) mass is 289 g/mol. The van der Waals surface area contributed by atoms with E-state index in [0.717, 1.165) is 11.1 Å². The molecule has 21 heavy (non-hydrogen) atoms. The maximum atomic E-state index is 13.7. The summed E-state index contributed by atoms with van der Waals surface area (Å²) in [5.41, 5.74) is 1.21. The minimum atomic E-state index is -0.572. The van der Waals surface area contributed by atoms with Crippen molar-refractivity contribution in [1.29, 1.82) is 0 Å². The number of hydrogen-bond donors (Lipinski definition) is 2. The van der Waals surface area contributed by atoms with Gasteiger partial charge in [-0.2, -0.15) is 0 Å². The van der Waals surface area contributed by atoms with Crippen molar-refractivity contribution < 1.29 is 14.2 Å². The predicted octanol–water partition coefficient (Wildman–Crippen LogP) is 2.83. The number of ether oxygens (including phenoxy) is 1. The second-order valence-electron chi connectivity index (χ2n) is 5.18. The van der Waals surface area contributed by atoms with Crippen LogP contribution >= 0.6 is 0 Å². The van der Waals surface area contributed by atoms with E-state index in [-0.39, 0.29) is 18.2 Å². The Bertz CT molecular complexity index is 589. The fourth-order valence-corrected chi connectivity index (χ4v) is 2.17. The SMILES string of the molecule is COc1ccc(CNC(C)(CO)c2ccccc2)cc1F. The Hall–Kier alpha value is -1.91. The largest absolute Gasteiger partial charge is 0.494 e. The van der Waals surface area contributed by atoms with Crippen LogP contribution in [0, 0.1) is 5.82 Å². The van der Waals surface area contributed by atoms with Gasteiger partial charge in [0.25, 0.3) is 0 Å². The molecule has 3 nitrogen and oxygen atoms in total. The van der Waals surface area contributed by atoms with Crippen LogP contribution < -0.4 is 10.1 Å². The molecule has 112 valence electrons. The van der Waals surface area contributed by atoms with Gasteiger partial charge in [0.05, 0.1) is 19.3 Å². The maximum absolute atomic E-state index is 13.7. The van der Waals surface area contributed by atoms with Crippen molar-refractivity contribution in [2.75, 3.05) is 13.7 Å². The molecular weight excluding hydrogens is 269 g/mol. The Balaban J connectivity index is 2.12. The fourth-order valence-electron chi connectivity index (χ4n) is 2.17. The Morgan fingerprint density at radius 1 is 1.19 bits per heavy atom. The van der Waals surface area contributed by atoms with Crippen molar-refractivity contribution in [1.82, 2.24) is 5.32 Å². The van der Waals surface area contributed by atoms with Gasteiger partial charge < -0.3 is 15.2 Å². The Kier molecular flexibility index (Phi) is 4.94. The molecular formula is C17H20FNO2. The summed E-state index contributed by atoms with van der Waals surface area (Å²) in [5.74, 6) is -0.158. The maximum Gasteiger partial charge on any atom is 0.165 e. The first-order valence-electron chi connectivity index (χ1n) is 6.83. The van der Waals surface area contributed by atoms with E-state index in [4.69, 9.17) is 4.74 Å². The molecule has 0 aromatic heterocycles. The van der Waals surface area contributed by atoms with Crippen molar-refractivity contribution in [3.63, 3.8) is 0 Å². The first-order valence-corrected chi connectivity index (χ1v) is 6.83. The summed E-state index contributed by atoms with van der Waals surface area (Å²) in [6, 6.07) is 14.5. The second-order valence-corrected chi connectivity index (χ2v) is 5.18. The standard InChI is InChI=1S/C17H20FNO2/c1-17(12-20,14-6-4-3-5-7-14)19-11-13-8-9-16(21-2)15(18)10-13/h3-10,19-20H,11-12H2,1-2H3. The van der Waals surface area contributed by atoms with Crippen LogP contribution in [-0.2, 0) is 12.1 Å². The lowest BCUT2D eigenvalue weighted by atomic mass is 9.92. The number of methoxy groups -OCH3 is 1. The lowest BCUT2D eigenvalue weighted by Gasteiger charge is -2.29. The molecule has 0 saturated heterocycles. The summed E-state index contributed by atoms with van der Waals surface area (Å²) >= 11 is 0. The van der Waals surface area contributed by atoms with E-state index in [0.29, 0.717) is 6.54 Å². The number of aliphatic hydroxyl groups excluding tert-OH is 1. The third kappa shape index (κ3) is 3.60. The highest BCUT2D eigenvalue weighted by atomic mass is 19.1. The molecule has 0 bridgehead atoms. The van der Waals surface area contributed by atoms with Crippen LogP contribution in [0.1, 0.15) is 18.1 Å². The number of hydrogen-bond acceptors (Lipinski definition) is 3. The summed E-state index contributed by atoms with van der Waals surface area (Å²) in [7, 11) is 1.44. The van der Waals surface area contributed by atoms with Crippen LogP contribution in [0.5, 0.6) is 5.75 Å². The molecule has 0 aliphatic heterocycles. The molecule has 2 rings (SSSR count). The average Bonchev–Trinajstić information content (AvgIpc) is 2.53. The molecule has 2 aromatic carbocycles. The van der Waals surface area contributed by atoms with Gasteiger partial charge in [-0.25, -0.2) is 4.39 Å². The van der Waals surface area contributed by atoms with Crippen LogP contribution in [0.25, 0.3) is 0 Å². The van der Waals surface area contributed by atoms with E-state index in [2.05, 4.69) is 5.32 Å². The van der Waals surface area contributed by atoms with Crippen LogP contribution in [0.4, 0.5) is 4.39 Å². The number of aliphatic hydroxyl groups is 1. The van der Waals surface area contributed by atoms with E-state index >= 15 is 0 Å². The molecule has 2 aromatic rings. The van der Waals surface area contributed by atoms with Crippen molar-refractivity contribution in [3.8, 4) is 5.75 Å². The van der Waals surface area contributed by atoms with E-state index < -0.39 is 5.54 Å². The van der Waals surface area contributed by atoms with Gasteiger partial charge in [-0.15, -0.1) is 0 Å². The summed E-state index contributed by atoms with van der Waals surface area (Å²) in [5, 5.41) is 13.0. The van der Waals surface area contributed by atoms with Crippen LogP contribution in [0.2, 0.25) is 0 Å². The number of benzene rings is 2. The summed E-state index contributed by atoms with van der Waals surface area (Å²) in [6.07, 6.45) is 0. The zero-order chi connectivity index (χ0) is 15.3. The normalized spacial score (nSPS) is 13.7. The van der Waals surface area contributed by atoms with Gasteiger partial charge in [0.15, 0.2) is 11.6 Å². The van der Waals surface area contributed by atoms with Gasteiger partial charge >= 0.3 is 0 Å². The second kappa shape index (κ2) is 6.70. The summed E-state index contributed by atoms with van der Waals surface area (Å²) in [6.45, 7) is 2.32. The van der Waals surface area contributed by atoms with E-state index in [9.17, 15) is 9.50 Å². The smallest absolute Gasteiger partial charge is 0.165 e. The third-order valence-electron chi connectivity index (χ3n) is 3.63. The lowest BCUT2D eigenvalue weighted by Crippen LogP contribution is -2.42. The highest BCUT2D eigenvalue weighted by Gasteiger charge is 2.24. The van der Waals surface area contributed by atoms with Crippen LogP contribution in [0.3, 0.4) is 0 Å². The first-order chi connectivity index (χ1) is 10.1. The van der Waals surface area contributed by atoms with Crippen molar-refractivity contribution in [3.05, 3.63) is 65.5 Å². The highest BCUT2D eigenvalue weighted by molar-refractivity contribution is 5.30. The predicted molar refractivity (Wildman–Crippen MR) is 80.7 cm³/mol. The molecule has 0 aliphatic carbocycles. The lowest BCUT2D eigenvalue weighted by molar-refractivity contribution is 0.173. The van der Waals surface area contributed by atoms with Gasteiger partial charge in [-0.3, -0.25) is 0 Å². The molecule has 1 unspecified atom stereocenters. The Morgan fingerprint density at radius 3 is 2.48 bits per heavy atom. The number of rotatable bonds is 6. The molecule has 0 radical (unpaired) electrons. The summed E-state index contributed by atoms with van der Waals surface area (Å²) < 4.78 is 18.6.